The van der Waals surface area contributed by atoms with E-state index >= 15 is 0 Å². The van der Waals surface area contributed by atoms with Crippen molar-refractivity contribution in [2.45, 2.75) is 42.4 Å². The number of aliphatic hydroxyl groups is 1. The molecule has 1 aromatic heterocycles. The number of ketones is 1. The highest BCUT2D eigenvalue weighted by Crippen LogP contribution is 2.43. The molecule has 2 atom stereocenters. The largest absolute Gasteiger partial charge is 0.481 e. The van der Waals surface area contributed by atoms with Crippen molar-refractivity contribution >= 4 is 45.7 Å². The number of carboxylic acids is 1. The van der Waals surface area contributed by atoms with E-state index in [1.807, 2.05) is 0 Å². The summed E-state index contributed by atoms with van der Waals surface area (Å²) in [6.45, 7) is 4.77. The number of thioether (sulfide) groups is 1. The SMILES string of the molecule is CC1(C)SCN(S(=O)(=O)c2cccnc2)[C@@H]1C(=O)C[C@@H](Cc1ccc(OC(=O)N2CCN(C(=O)OCCOCCO)CC2)cc1)C(=O)O. The van der Waals surface area contributed by atoms with E-state index in [4.69, 9.17) is 19.3 Å². The van der Waals surface area contributed by atoms with Crippen LogP contribution in [0, 0.1) is 5.92 Å². The number of rotatable bonds is 14. The molecule has 2 aliphatic heterocycles. The van der Waals surface area contributed by atoms with E-state index in [1.165, 1.54) is 58.2 Å². The molecule has 3 heterocycles. The monoisotopic (exact) mass is 708 g/mol. The smallest absolute Gasteiger partial charge is 0.415 e. The highest BCUT2D eigenvalue weighted by atomic mass is 32.2. The van der Waals surface area contributed by atoms with Gasteiger partial charge in [-0.25, -0.2) is 18.0 Å². The van der Waals surface area contributed by atoms with E-state index in [2.05, 4.69) is 4.98 Å². The van der Waals surface area contributed by atoms with Gasteiger partial charge in [0.1, 0.15) is 17.3 Å². The lowest BCUT2D eigenvalue weighted by molar-refractivity contribution is -0.144. The number of carboxylic acid groups (broad SMARTS) is 1. The minimum Gasteiger partial charge on any atom is -0.481 e. The second kappa shape index (κ2) is 16.6. The van der Waals surface area contributed by atoms with Gasteiger partial charge in [0.25, 0.3) is 0 Å². The Morgan fingerprint density at radius 1 is 1.00 bits per heavy atom. The number of piperazine rings is 1. The molecule has 2 amide bonds. The number of sulfonamides is 1. The number of hydrogen-bond acceptors (Lipinski definition) is 12. The average molecular weight is 709 g/mol. The summed E-state index contributed by atoms with van der Waals surface area (Å²) in [7, 11) is -4.05. The molecule has 262 valence electrons. The zero-order chi connectivity index (χ0) is 34.9. The van der Waals surface area contributed by atoms with Crippen molar-refractivity contribution < 1.29 is 52.0 Å². The predicted molar refractivity (Wildman–Crippen MR) is 173 cm³/mol. The molecule has 0 unspecified atom stereocenters. The summed E-state index contributed by atoms with van der Waals surface area (Å²) in [4.78, 5) is 57.5. The Morgan fingerprint density at radius 2 is 1.67 bits per heavy atom. The second-order valence-corrected chi connectivity index (χ2v) is 15.2. The van der Waals surface area contributed by atoms with Crippen LogP contribution in [0.4, 0.5) is 9.59 Å². The van der Waals surface area contributed by atoms with Crippen molar-refractivity contribution in [2.75, 3.05) is 58.5 Å². The van der Waals surface area contributed by atoms with Crippen molar-refractivity contribution in [2.24, 2.45) is 5.92 Å². The third-order valence-electron chi connectivity index (χ3n) is 7.95. The molecule has 17 heteroatoms. The van der Waals surface area contributed by atoms with Gasteiger partial charge >= 0.3 is 18.2 Å². The van der Waals surface area contributed by atoms with Crippen LogP contribution in [0.1, 0.15) is 25.8 Å². The summed E-state index contributed by atoms with van der Waals surface area (Å²) in [6.07, 6.45) is 1.15. The second-order valence-electron chi connectivity index (χ2n) is 11.7. The minimum atomic E-state index is -4.05. The number of aliphatic carboxylic acids is 1. The van der Waals surface area contributed by atoms with Crippen LogP contribution in [0.2, 0.25) is 0 Å². The Hall–Kier alpha value is -3.77. The van der Waals surface area contributed by atoms with Gasteiger partial charge in [0, 0.05) is 49.7 Å². The maximum absolute atomic E-state index is 13.6. The zero-order valence-corrected chi connectivity index (χ0v) is 28.4. The average Bonchev–Trinajstić information content (AvgIpc) is 3.41. The molecule has 2 saturated heterocycles. The van der Waals surface area contributed by atoms with Crippen LogP contribution in [0.3, 0.4) is 0 Å². The summed E-state index contributed by atoms with van der Waals surface area (Å²) < 4.78 is 42.8. The van der Waals surface area contributed by atoms with E-state index < -0.39 is 50.7 Å². The fourth-order valence-corrected chi connectivity index (χ4v) is 8.56. The number of aromatic nitrogens is 1. The Labute approximate surface area is 283 Å². The fraction of sp³-hybridized carbons (Fsp3) is 0.516. The van der Waals surface area contributed by atoms with E-state index in [1.54, 1.807) is 26.0 Å². The predicted octanol–water partition coefficient (Wildman–Crippen LogP) is 2.09. The van der Waals surface area contributed by atoms with Gasteiger partial charge in [0.15, 0.2) is 5.78 Å². The number of Topliss-reactive ketones (excluding diaryl/α,β-unsaturated/α-hetero) is 1. The Balaban J connectivity index is 1.30. The lowest BCUT2D eigenvalue weighted by Crippen LogP contribution is -2.51. The number of ether oxygens (including phenoxy) is 3. The molecule has 2 N–H and O–H groups in total. The first-order valence-electron chi connectivity index (χ1n) is 15.3. The molecule has 0 aliphatic carbocycles. The molecular formula is C31H40N4O11S2. The van der Waals surface area contributed by atoms with Crippen LogP contribution in [0.25, 0.3) is 0 Å². The number of pyridine rings is 1. The van der Waals surface area contributed by atoms with Crippen molar-refractivity contribution in [1.29, 1.82) is 0 Å². The molecule has 2 fully saturated rings. The molecule has 0 spiro atoms. The van der Waals surface area contributed by atoms with Gasteiger partial charge < -0.3 is 34.2 Å². The molecule has 0 bridgehead atoms. The molecule has 1 aromatic carbocycles. The summed E-state index contributed by atoms with van der Waals surface area (Å²) in [5, 5.41) is 18.7. The summed E-state index contributed by atoms with van der Waals surface area (Å²) >= 11 is 1.31. The number of amides is 2. The number of aliphatic hydroxyl groups excluding tert-OH is 1. The van der Waals surface area contributed by atoms with E-state index in [0.717, 1.165) is 4.31 Å². The van der Waals surface area contributed by atoms with Gasteiger partial charge in [0.2, 0.25) is 10.0 Å². The van der Waals surface area contributed by atoms with Crippen LogP contribution < -0.4 is 4.74 Å². The van der Waals surface area contributed by atoms with Gasteiger partial charge in [0.05, 0.1) is 37.7 Å². The maximum Gasteiger partial charge on any atom is 0.415 e. The summed E-state index contributed by atoms with van der Waals surface area (Å²) in [6, 6.07) is 8.10. The number of benzene rings is 1. The highest BCUT2D eigenvalue weighted by molar-refractivity contribution is 8.02. The van der Waals surface area contributed by atoms with E-state index in [9.17, 15) is 32.7 Å². The van der Waals surface area contributed by atoms with Gasteiger partial charge in [-0.05, 0) is 50.1 Å². The molecule has 15 nitrogen and oxygen atoms in total. The quantitative estimate of drug-likeness (QED) is 0.271. The summed E-state index contributed by atoms with van der Waals surface area (Å²) in [5.41, 5.74) is 0.587. The Kier molecular flexibility index (Phi) is 12.8. The van der Waals surface area contributed by atoms with Gasteiger partial charge in [-0.15, -0.1) is 11.8 Å². The van der Waals surface area contributed by atoms with Crippen LogP contribution in [0.15, 0.2) is 53.7 Å². The number of nitrogens with zero attached hydrogens (tertiary/aromatic N) is 4. The molecule has 2 aromatic rings. The Bertz CT molecular complexity index is 1530. The van der Waals surface area contributed by atoms with Crippen LogP contribution in [0.5, 0.6) is 5.75 Å². The number of carbonyl (C=O) groups excluding carboxylic acids is 3. The van der Waals surface area contributed by atoms with Crippen molar-refractivity contribution in [3.63, 3.8) is 0 Å². The van der Waals surface area contributed by atoms with Gasteiger partial charge in [-0.3, -0.25) is 14.6 Å². The normalized spacial score (nSPS) is 18.7. The first kappa shape index (κ1) is 37.1. The lowest BCUT2D eigenvalue weighted by atomic mass is 9.89. The minimum absolute atomic E-state index is 0.00341. The van der Waals surface area contributed by atoms with E-state index in [-0.39, 0.29) is 82.0 Å². The molecule has 0 radical (unpaired) electrons. The zero-order valence-electron chi connectivity index (χ0n) is 26.7. The maximum atomic E-state index is 13.6. The molecule has 4 rings (SSSR count). The van der Waals surface area contributed by atoms with Gasteiger partial charge in [-0.2, -0.15) is 4.31 Å². The van der Waals surface area contributed by atoms with Crippen molar-refractivity contribution in [3.8, 4) is 5.75 Å². The highest BCUT2D eigenvalue weighted by Gasteiger charge is 2.51. The first-order valence-corrected chi connectivity index (χ1v) is 17.7. The number of carbonyl (C=O) groups is 4. The van der Waals surface area contributed by atoms with Crippen LogP contribution in [-0.4, -0.2) is 131 Å². The van der Waals surface area contributed by atoms with Gasteiger partial charge in [-0.1, -0.05) is 12.1 Å². The Morgan fingerprint density at radius 3 is 2.27 bits per heavy atom. The van der Waals surface area contributed by atoms with Crippen molar-refractivity contribution in [3.05, 3.63) is 54.4 Å². The molecular weight excluding hydrogens is 668 g/mol. The topological polar surface area (TPSA) is 193 Å². The molecule has 48 heavy (non-hydrogen) atoms. The van der Waals surface area contributed by atoms with Crippen LogP contribution in [-0.2, 0) is 35.5 Å². The third kappa shape index (κ3) is 9.43. The third-order valence-corrected chi connectivity index (χ3v) is 11.3. The lowest BCUT2D eigenvalue weighted by Gasteiger charge is -2.33. The standard InChI is InChI=1S/C31H40N4O11S2/c1-31(2)27(35(21-47-31)48(42,43)25-4-3-9-32-20-25)26(37)19-23(28(38)39)18-22-5-7-24(8-6-22)46-30(41)34-12-10-33(11-13-34)29(40)45-17-16-44-15-14-36/h3-9,20,23,27,36H,10-19,21H2,1-2H3,(H,38,39)/t23-,27-/m1/s1. The first-order chi connectivity index (χ1) is 22.8. The van der Waals surface area contributed by atoms with Crippen LogP contribution >= 0.6 is 11.8 Å². The molecule has 2 aliphatic rings. The number of hydrogen-bond donors (Lipinski definition) is 2. The van der Waals surface area contributed by atoms with Crippen molar-refractivity contribution in [1.82, 2.24) is 19.1 Å². The molecule has 0 saturated carbocycles. The summed E-state index contributed by atoms with van der Waals surface area (Å²) in [5.74, 6) is -2.52. The fourth-order valence-electron chi connectivity index (χ4n) is 5.38. The van der Waals surface area contributed by atoms with E-state index in [0.29, 0.717) is 5.56 Å².